The maximum Gasteiger partial charge on any atom is 0.126 e. The molecule has 1 saturated carbocycles. The van der Waals surface area contributed by atoms with Crippen LogP contribution in [-0.4, -0.2) is 0 Å². The average molecular weight is 224 g/mol. The Morgan fingerprint density at radius 1 is 1.47 bits per heavy atom. The lowest BCUT2D eigenvalue weighted by Gasteiger charge is -2.35. The van der Waals surface area contributed by atoms with Gasteiger partial charge in [-0.1, -0.05) is 18.0 Å². The molecule has 1 nitrogen and oxygen atoms in total. The molecule has 0 unspecified atom stereocenters. The number of hydrogen-bond donors (Lipinski definition) is 0. The number of rotatable bonds is 2. The molecule has 0 saturated heterocycles. The molecule has 15 heavy (non-hydrogen) atoms. The summed E-state index contributed by atoms with van der Waals surface area (Å²) in [7, 11) is 0. The second kappa shape index (κ2) is 3.83. The third kappa shape index (κ3) is 1.98. The fraction of sp³-hybridized carbons (Fsp3) is 0.417. The van der Waals surface area contributed by atoms with E-state index in [1.807, 2.05) is 0 Å². The van der Waals surface area contributed by atoms with E-state index in [2.05, 4.69) is 6.07 Å². The molecule has 0 amide bonds. The van der Waals surface area contributed by atoms with E-state index in [9.17, 15) is 4.39 Å². The standard InChI is InChI=1S/C12H11ClFN/c13-10-2-3-11(14)9(6-10)7-12(8-15)4-1-5-12/h2-3,6H,1,4-5,7H2. The lowest BCUT2D eigenvalue weighted by molar-refractivity contribution is 0.212. The molecule has 0 aromatic heterocycles. The Morgan fingerprint density at radius 3 is 2.73 bits per heavy atom. The zero-order chi connectivity index (χ0) is 10.9. The molecule has 3 heteroatoms. The molecule has 0 radical (unpaired) electrons. The van der Waals surface area contributed by atoms with Crippen molar-refractivity contribution in [1.82, 2.24) is 0 Å². The summed E-state index contributed by atoms with van der Waals surface area (Å²) in [5.41, 5.74) is 0.217. The molecule has 0 bridgehead atoms. The van der Waals surface area contributed by atoms with Gasteiger partial charge in [0, 0.05) is 5.02 Å². The fourth-order valence-corrected chi connectivity index (χ4v) is 2.17. The lowest BCUT2D eigenvalue weighted by atomic mass is 9.66. The van der Waals surface area contributed by atoms with E-state index in [4.69, 9.17) is 16.9 Å². The first kappa shape index (κ1) is 10.4. The van der Waals surface area contributed by atoms with Crippen molar-refractivity contribution in [2.24, 2.45) is 5.41 Å². The van der Waals surface area contributed by atoms with Crippen LogP contribution in [0.4, 0.5) is 4.39 Å². The summed E-state index contributed by atoms with van der Waals surface area (Å²) in [4.78, 5) is 0. The summed E-state index contributed by atoms with van der Waals surface area (Å²) >= 11 is 5.80. The summed E-state index contributed by atoms with van der Waals surface area (Å²) in [5.74, 6) is -0.263. The van der Waals surface area contributed by atoms with Gasteiger partial charge in [0.05, 0.1) is 11.5 Å². The van der Waals surface area contributed by atoms with Gasteiger partial charge in [-0.15, -0.1) is 0 Å². The number of nitrogens with zero attached hydrogens (tertiary/aromatic N) is 1. The molecule has 0 spiro atoms. The van der Waals surface area contributed by atoms with Crippen molar-refractivity contribution in [1.29, 1.82) is 5.26 Å². The predicted molar refractivity (Wildman–Crippen MR) is 57.0 cm³/mol. The van der Waals surface area contributed by atoms with E-state index in [1.165, 1.54) is 12.1 Å². The Balaban J connectivity index is 2.24. The van der Waals surface area contributed by atoms with Gasteiger partial charge in [-0.25, -0.2) is 4.39 Å². The van der Waals surface area contributed by atoms with Crippen LogP contribution in [0.5, 0.6) is 0 Å². The molecule has 1 aliphatic carbocycles. The summed E-state index contributed by atoms with van der Waals surface area (Å²) < 4.78 is 13.4. The highest BCUT2D eigenvalue weighted by Crippen LogP contribution is 2.43. The van der Waals surface area contributed by atoms with Crippen LogP contribution in [0.1, 0.15) is 24.8 Å². The van der Waals surface area contributed by atoms with Crippen LogP contribution in [0.3, 0.4) is 0 Å². The molecule has 2 rings (SSSR count). The normalized spacial score (nSPS) is 17.9. The van der Waals surface area contributed by atoms with Crippen molar-refractivity contribution in [3.05, 3.63) is 34.6 Å². The minimum Gasteiger partial charge on any atom is -0.207 e. The molecule has 1 fully saturated rings. The monoisotopic (exact) mass is 223 g/mol. The van der Waals surface area contributed by atoms with E-state index >= 15 is 0 Å². The third-order valence-corrected chi connectivity index (χ3v) is 3.32. The smallest absolute Gasteiger partial charge is 0.126 e. The Labute approximate surface area is 93.5 Å². The average Bonchev–Trinajstić information content (AvgIpc) is 2.17. The van der Waals surface area contributed by atoms with E-state index in [1.54, 1.807) is 6.07 Å². The summed E-state index contributed by atoms with van der Waals surface area (Å²) in [5, 5.41) is 9.58. The number of halogens is 2. The van der Waals surface area contributed by atoms with Crippen molar-refractivity contribution in [2.75, 3.05) is 0 Å². The van der Waals surface area contributed by atoms with Crippen molar-refractivity contribution in [3.8, 4) is 6.07 Å². The molecule has 1 aromatic carbocycles. The SMILES string of the molecule is N#CC1(Cc2cc(Cl)ccc2F)CCC1. The van der Waals surface area contributed by atoms with Gasteiger partial charge in [0.1, 0.15) is 5.82 Å². The Hall–Kier alpha value is -1.07. The van der Waals surface area contributed by atoms with Crippen molar-refractivity contribution < 1.29 is 4.39 Å². The summed E-state index contributed by atoms with van der Waals surface area (Å²) in [6.45, 7) is 0. The van der Waals surface area contributed by atoms with Crippen LogP contribution in [0.2, 0.25) is 5.02 Å². The topological polar surface area (TPSA) is 23.8 Å². The number of hydrogen-bond acceptors (Lipinski definition) is 1. The van der Waals surface area contributed by atoms with Crippen LogP contribution >= 0.6 is 11.6 Å². The van der Waals surface area contributed by atoms with Gasteiger partial charge in [0.25, 0.3) is 0 Å². The summed E-state index contributed by atoms with van der Waals surface area (Å²) in [6, 6.07) is 6.81. The van der Waals surface area contributed by atoms with Crippen LogP contribution in [0, 0.1) is 22.6 Å². The first-order valence-corrected chi connectivity index (χ1v) is 5.38. The van der Waals surface area contributed by atoms with Crippen molar-refractivity contribution in [3.63, 3.8) is 0 Å². The fourth-order valence-electron chi connectivity index (χ4n) is 1.98. The largest absolute Gasteiger partial charge is 0.207 e. The van der Waals surface area contributed by atoms with Crippen molar-refractivity contribution >= 4 is 11.6 Å². The molecular formula is C12H11ClFN. The highest BCUT2D eigenvalue weighted by molar-refractivity contribution is 6.30. The van der Waals surface area contributed by atoms with E-state index in [-0.39, 0.29) is 11.2 Å². The van der Waals surface area contributed by atoms with Crippen molar-refractivity contribution in [2.45, 2.75) is 25.7 Å². The van der Waals surface area contributed by atoms with Crippen LogP contribution in [-0.2, 0) is 6.42 Å². The molecule has 1 aromatic rings. The van der Waals surface area contributed by atoms with Crippen LogP contribution < -0.4 is 0 Å². The molecule has 0 aliphatic heterocycles. The molecule has 0 atom stereocenters. The lowest BCUT2D eigenvalue weighted by Crippen LogP contribution is -2.30. The van der Waals surface area contributed by atoms with Crippen LogP contribution in [0.15, 0.2) is 18.2 Å². The van der Waals surface area contributed by atoms with Gasteiger partial charge in [-0.3, -0.25) is 0 Å². The molecular weight excluding hydrogens is 213 g/mol. The van der Waals surface area contributed by atoms with Gasteiger partial charge >= 0.3 is 0 Å². The minimum atomic E-state index is -0.342. The van der Waals surface area contributed by atoms with Gasteiger partial charge in [0.2, 0.25) is 0 Å². The Bertz CT molecular complexity index is 418. The van der Waals surface area contributed by atoms with Gasteiger partial charge in [-0.2, -0.15) is 5.26 Å². The van der Waals surface area contributed by atoms with E-state index < -0.39 is 0 Å². The third-order valence-electron chi connectivity index (χ3n) is 3.08. The quantitative estimate of drug-likeness (QED) is 0.750. The van der Waals surface area contributed by atoms with Gasteiger partial charge < -0.3 is 0 Å². The Morgan fingerprint density at radius 2 is 2.20 bits per heavy atom. The van der Waals surface area contributed by atoms with Crippen LogP contribution in [0.25, 0.3) is 0 Å². The van der Waals surface area contributed by atoms with Gasteiger partial charge in [-0.05, 0) is 43.0 Å². The number of benzene rings is 1. The maximum atomic E-state index is 13.4. The molecule has 1 aliphatic rings. The molecule has 78 valence electrons. The first-order chi connectivity index (χ1) is 7.15. The minimum absolute atomic E-state index is 0.263. The van der Waals surface area contributed by atoms with Gasteiger partial charge in [0.15, 0.2) is 0 Å². The maximum absolute atomic E-state index is 13.4. The van der Waals surface area contributed by atoms with E-state index in [0.717, 1.165) is 19.3 Å². The first-order valence-electron chi connectivity index (χ1n) is 5.00. The zero-order valence-corrected chi connectivity index (χ0v) is 9.02. The second-order valence-electron chi connectivity index (χ2n) is 4.16. The summed E-state index contributed by atoms with van der Waals surface area (Å²) in [6.07, 6.45) is 3.29. The molecule has 0 heterocycles. The van der Waals surface area contributed by atoms with E-state index in [0.29, 0.717) is 17.0 Å². The number of nitriles is 1. The molecule has 0 N–H and O–H groups in total. The highest BCUT2D eigenvalue weighted by Gasteiger charge is 2.37. The second-order valence-corrected chi connectivity index (χ2v) is 4.59. The zero-order valence-electron chi connectivity index (χ0n) is 8.26. The predicted octanol–water partition coefficient (Wildman–Crippen LogP) is 3.72. The Kier molecular flexibility index (Phi) is 2.67. The highest BCUT2D eigenvalue weighted by atomic mass is 35.5.